The Labute approximate surface area is 160 Å². The van der Waals surface area contributed by atoms with Crippen LogP contribution in [0.25, 0.3) is 5.69 Å². The van der Waals surface area contributed by atoms with Crippen molar-refractivity contribution in [1.29, 1.82) is 0 Å². The highest BCUT2D eigenvalue weighted by Crippen LogP contribution is 2.38. The standard InChI is InChI=1S/C19H17BrN4S/c1-23-18(17(22-19(23)25)15-8-2-3-10-21-15)16-9-5-11-24(16)14-7-4-6-13(20)12-14/h2-12,17-18H,1H3,(H,22,25)/t17-,18+/m0/s1. The molecule has 1 fully saturated rings. The summed E-state index contributed by atoms with van der Waals surface area (Å²) in [6, 6.07) is 18.6. The topological polar surface area (TPSA) is 33.1 Å². The number of pyridine rings is 1. The number of aromatic nitrogens is 2. The molecule has 1 N–H and O–H groups in total. The van der Waals surface area contributed by atoms with Gasteiger partial charge in [-0.3, -0.25) is 4.98 Å². The minimum absolute atomic E-state index is 0.0134. The predicted molar refractivity (Wildman–Crippen MR) is 107 cm³/mol. The largest absolute Gasteiger partial charge is 0.352 e. The number of hydrogen-bond acceptors (Lipinski definition) is 2. The van der Waals surface area contributed by atoms with E-state index >= 15 is 0 Å². The number of halogens is 1. The molecule has 0 radical (unpaired) electrons. The minimum atomic E-state index is 0.0134. The van der Waals surface area contributed by atoms with Crippen LogP contribution >= 0.6 is 28.1 Å². The average molecular weight is 413 g/mol. The maximum Gasteiger partial charge on any atom is 0.169 e. The number of nitrogens with one attached hydrogen (secondary N) is 1. The Kier molecular flexibility index (Phi) is 4.31. The van der Waals surface area contributed by atoms with E-state index in [4.69, 9.17) is 12.2 Å². The quantitative estimate of drug-likeness (QED) is 0.652. The van der Waals surface area contributed by atoms with Crippen molar-refractivity contribution < 1.29 is 0 Å². The molecule has 3 heterocycles. The van der Waals surface area contributed by atoms with Crippen molar-refractivity contribution in [3.63, 3.8) is 0 Å². The first-order valence-corrected chi connectivity index (χ1v) is 9.23. The van der Waals surface area contributed by atoms with Crippen LogP contribution in [0.15, 0.2) is 71.5 Å². The van der Waals surface area contributed by atoms with E-state index in [1.54, 1.807) is 0 Å². The molecule has 4 nitrogen and oxygen atoms in total. The Morgan fingerprint density at radius 1 is 1.12 bits per heavy atom. The highest BCUT2D eigenvalue weighted by Gasteiger charge is 2.39. The third kappa shape index (κ3) is 2.96. The maximum absolute atomic E-state index is 5.52. The van der Waals surface area contributed by atoms with Crippen LogP contribution in [-0.2, 0) is 0 Å². The molecule has 1 aliphatic heterocycles. The molecule has 0 saturated carbocycles. The lowest BCUT2D eigenvalue weighted by Gasteiger charge is -2.25. The molecule has 6 heteroatoms. The van der Waals surface area contributed by atoms with Crippen LogP contribution in [0.3, 0.4) is 0 Å². The second kappa shape index (κ2) is 6.61. The van der Waals surface area contributed by atoms with E-state index in [0.29, 0.717) is 0 Å². The molecule has 0 spiro atoms. The van der Waals surface area contributed by atoms with E-state index in [2.05, 4.69) is 66.2 Å². The van der Waals surface area contributed by atoms with Gasteiger partial charge in [0.1, 0.15) is 0 Å². The van der Waals surface area contributed by atoms with Crippen LogP contribution in [-0.4, -0.2) is 26.6 Å². The molecular formula is C19H17BrN4S. The van der Waals surface area contributed by atoms with Gasteiger partial charge in [0.25, 0.3) is 0 Å². The van der Waals surface area contributed by atoms with E-state index in [-0.39, 0.29) is 12.1 Å². The minimum Gasteiger partial charge on any atom is -0.352 e. The average Bonchev–Trinajstić information content (AvgIpc) is 3.21. The molecule has 2 aromatic heterocycles. The van der Waals surface area contributed by atoms with Gasteiger partial charge >= 0.3 is 0 Å². The number of benzene rings is 1. The summed E-state index contributed by atoms with van der Waals surface area (Å²) in [6.45, 7) is 0. The van der Waals surface area contributed by atoms with Crippen molar-refractivity contribution >= 4 is 33.3 Å². The Balaban J connectivity index is 1.80. The maximum atomic E-state index is 5.52. The van der Waals surface area contributed by atoms with Gasteiger partial charge in [-0.1, -0.05) is 28.1 Å². The highest BCUT2D eigenvalue weighted by molar-refractivity contribution is 9.10. The second-order valence-electron chi connectivity index (χ2n) is 6.02. The van der Waals surface area contributed by atoms with Crippen LogP contribution < -0.4 is 5.32 Å². The van der Waals surface area contributed by atoms with Gasteiger partial charge in [-0.25, -0.2) is 0 Å². The fourth-order valence-corrected chi connectivity index (χ4v) is 3.95. The first-order chi connectivity index (χ1) is 12.1. The normalized spacial score (nSPS) is 19.9. The van der Waals surface area contributed by atoms with Gasteiger partial charge in [-0.15, -0.1) is 0 Å². The van der Waals surface area contributed by atoms with Crippen LogP contribution in [0.1, 0.15) is 23.5 Å². The van der Waals surface area contributed by atoms with Crippen LogP contribution in [0.4, 0.5) is 0 Å². The third-order valence-corrected chi connectivity index (χ3v) is 5.41. The van der Waals surface area contributed by atoms with E-state index in [9.17, 15) is 0 Å². The van der Waals surface area contributed by atoms with Crippen molar-refractivity contribution in [3.8, 4) is 5.69 Å². The Bertz CT molecular complexity index is 909. The summed E-state index contributed by atoms with van der Waals surface area (Å²) < 4.78 is 3.26. The van der Waals surface area contributed by atoms with E-state index in [1.807, 2.05) is 43.6 Å². The van der Waals surface area contributed by atoms with Crippen LogP contribution in [0.5, 0.6) is 0 Å². The van der Waals surface area contributed by atoms with Gasteiger partial charge in [0.2, 0.25) is 0 Å². The molecule has 4 rings (SSSR count). The second-order valence-corrected chi connectivity index (χ2v) is 7.32. The van der Waals surface area contributed by atoms with Gasteiger partial charge in [-0.05, 0) is 54.7 Å². The summed E-state index contributed by atoms with van der Waals surface area (Å²) in [5.41, 5.74) is 3.27. The van der Waals surface area contributed by atoms with Gasteiger partial charge in [0.05, 0.1) is 17.8 Å². The summed E-state index contributed by atoms with van der Waals surface area (Å²) in [5.74, 6) is 0. The van der Waals surface area contributed by atoms with Crippen molar-refractivity contribution in [1.82, 2.24) is 19.8 Å². The highest BCUT2D eigenvalue weighted by atomic mass is 79.9. The smallest absolute Gasteiger partial charge is 0.169 e. The molecule has 2 atom stereocenters. The molecule has 3 aromatic rings. The van der Waals surface area contributed by atoms with Crippen molar-refractivity contribution in [2.75, 3.05) is 7.05 Å². The molecule has 126 valence electrons. The zero-order valence-corrected chi connectivity index (χ0v) is 16.0. The molecule has 1 aliphatic rings. The van der Waals surface area contributed by atoms with Gasteiger partial charge < -0.3 is 14.8 Å². The molecule has 0 amide bonds. The summed E-state index contributed by atoms with van der Waals surface area (Å²) in [4.78, 5) is 6.65. The lowest BCUT2D eigenvalue weighted by atomic mass is 10.0. The summed E-state index contributed by atoms with van der Waals surface area (Å²) >= 11 is 9.08. The van der Waals surface area contributed by atoms with Gasteiger partial charge in [0, 0.05) is 35.3 Å². The number of hydrogen-bond donors (Lipinski definition) is 1. The molecule has 0 aliphatic carbocycles. The number of thiocarbonyl (C=S) groups is 1. The predicted octanol–water partition coefficient (Wildman–Crippen LogP) is 4.24. The Hall–Kier alpha value is -2.18. The molecular weight excluding hydrogens is 396 g/mol. The van der Waals surface area contributed by atoms with Crippen LogP contribution in [0, 0.1) is 0 Å². The number of nitrogens with zero attached hydrogens (tertiary/aromatic N) is 3. The summed E-state index contributed by atoms with van der Waals surface area (Å²) in [7, 11) is 2.03. The Morgan fingerprint density at radius 2 is 2.00 bits per heavy atom. The first-order valence-electron chi connectivity index (χ1n) is 8.02. The SMILES string of the molecule is CN1C(=S)N[C@@H](c2ccccn2)[C@H]1c1cccn1-c1cccc(Br)c1. The van der Waals surface area contributed by atoms with Crippen molar-refractivity contribution in [3.05, 3.63) is 82.9 Å². The van der Waals surface area contributed by atoms with Crippen LogP contribution in [0.2, 0.25) is 0 Å². The molecule has 0 unspecified atom stereocenters. The number of likely N-dealkylation sites (N-methyl/N-ethyl adjacent to an activating group) is 1. The third-order valence-electron chi connectivity index (χ3n) is 4.51. The molecule has 1 saturated heterocycles. The molecule has 1 aromatic carbocycles. The lowest BCUT2D eigenvalue weighted by Crippen LogP contribution is -2.25. The van der Waals surface area contributed by atoms with E-state index in [0.717, 1.165) is 21.0 Å². The molecule has 25 heavy (non-hydrogen) atoms. The summed E-state index contributed by atoms with van der Waals surface area (Å²) in [6.07, 6.45) is 3.91. The van der Waals surface area contributed by atoms with Crippen molar-refractivity contribution in [2.45, 2.75) is 12.1 Å². The van der Waals surface area contributed by atoms with E-state index in [1.165, 1.54) is 5.69 Å². The van der Waals surface area contributed by atoms with Gasteiger partial charge in [-0.2, -0.15) is 0 Å². The fourth-order valence-electron chi connectivity index (χ4n) is 3.32. The van der Waals surface area contributed by atoms with Gasteiger partial charge in [0.15, 0.2) is 5.11 Å². The first kappa shape index (κ1) is 16.3. The zero-order valence-electron chi connectivity index (χ0n) is 13.6. The van der Waals surface area contributed by atoms with Crippen molar-refractivity contribution in [2.24, 2.45) is 0 Å². The summed E-state index contributed by atoms with van der Waals surface area (Å²) in [5, 5.41) is 4.16. The zero-order chi connectivity index (χ0) is 17.4. The monoisotopic (exact) mass is 412 g/mol. The fraction of sp³-hybridized carbons (Fsp3) is 0.158. The van der Waals surface area contributed by atoms with E-state index < -0.39 is 0 Å². The lowest BCUT2D eigenvalue weighted by molar-refractivity contribution is 0.357. The molecule has 0 bridgehead atoms. The number of rotatable bonds is 3. The Morgan fingerprint density at radius 3 is 2.76 bits per heavy atom.